The zero-order valence-electron chi connectivity index (χ0n) is 17.5. The minimum absolute atomic E-state index is 0.878. The van der Waals surface area contributed by atoms with Gasteiger partial charge in [-0.3, -0.25) is 0 Å². The van der Waals surface area contributed by atoms with Crippen molar-refractivity contribution in [2.75, 3.05) is 4.90 Å². The standard InChI is InChI=1S/C26H33N/c1-9-12-22(7)25(11-3)26(13-10-2)27(23(8)17-14-20(4)5)24-18-15-21(6)16-19-24/h9-10,12-19H,4,7-8,11H2,1-3,5-6H3/b12-9-,13-10-,17-14-,26-25+. The highest BCUT2D eigenvalue weighted by Gasteiger charge is 2.17. The molecule has 0 unspecified atom stereocenters. The fourth-order valence-electron chi connectivity index (χ4n) is 2.81. The predicted molar refractivity (Wildman–Crippen MR) is 123 cm³/mol. The lowest BCUT2D eigenvalue weighted by molar-refractivity contribution is 1.04. The highest BCUT2D eigenvalue weighted by molar-refractivity contribution is 5.65. The molecule has 0 saturated heterocycles. The fraction of sp³-hybridized carbons (Fsp3) is 0.231. The molecule has 0 aromatic heterocycles. The van der Waals surface area contributed by atoms with Crippen LogP contribution in [0.1, 0.15) is 39.7 Å². The molecule has 0 heterocycles. The molecule has 0 atom stereocenters. The molecule has 0 amide bonds. The van der Waals surface area contributed by atoms with Crippen LogP contribution in [0.15, 0.2) is 109 Å². The van der Waals surface area contributed by atoms with Crippen molar-refractivity contribution in [3.63, 3.8) is 0 Å². The van der Waals surface area contributed by atoms with Crippen LogP contribution in [0.2, 0.25) is 0 Å². The van der Waals surface area contributed by atoms with Crippen LogP contribution in [-0.4, -0.2) is 0 Å². The molecule has 1 rings (SSSR count). The molecule has 1 nitrogen and oxygen atoms in total. The molecular formula is C26H33N. The molecule has 0 aliphatic heterocycles. The third-order valence-corrected chi connectivity index (χ3v) is 4.12. The maximum atomic E-state index is 4.33. The molecule has 142 valence electrons. The van der Waals surface area contributed by atoms with Crippen LogP contribution in [0.4, 0.5) is 5.69 Å². The molecule has 1 aromatic rings. The van der Waals surface area contributed by atoms with Gasteiger partial charge in [0.05, 0.1) is 0 Å². The van der Waals surface area contributed by atoms with E-state index in [1.165, 1.54) is 11.1 Å². The minimum atomic E-state index is 0.878. The number of nitrogens with zero attached hydrogens (tertiary/aromatic N) is 1. The number of hydrogen-bond acceptors (Lipinski definition) is 1. The third kappa shape index (κ3) is 6.45. The Hall–Kier alpha value is -2.80. The topological polar surface area (TPSA) is 3.24 Å². The molecule has 0 bridgehead atoms. The van der Waals surface area contributed by atoms with E-state index in [4.69, 9.17) is 0 Å². The van der Waals surface area contributed by atoms with Crippen molar-refractivity contribution < 1.29 is 0 Å². The first-order valence-electron chi connectivity index (χ1n) is 9.42. The SMILES string of the molecule is C=C(C)/C=C\C(=C)N(C(/C=C\C)=C(\CC)C(=C)/C=C\C)c1ccc(C)cc1. The monoisotopic (exact) mass is 359 g/mol. The van der Waals surface area contributed by atoms with E-state index in [0.717, 1.165) is 34.6 Å². The lowest BCUT2D eigenvalue weighted by Gasteiger charge is -2.29. The van der Waals surface area contributed by atoms with Crippen LogP contribution >= 0.6 is 0 Å². The van der Waals surface area contributed by atoms with Crippen LogP contribution < -0.4 is 4.90 Å². The Kier molecular flexibility index (Phi) is 9.08. The predicted octanol–water partition coefficient (Wildman–Crippen LogP) is 7.82. The summed E-state index contributed by atoms with van der Waals surface area (Å²) in [5.74, 6) is 0. The van der Waals surface area contributed by atoms with Crippen molar-refractivity contribution >= 4 is 5.69 Å². The maximum absolute atomic E-state index is 4.33. The summed E-state index contributed by atoms with van der Waals surface area (Å²) in [4.78, 5) is 2.19. The Balaban J connectivity index is 3.69. The second kappa shape index (κ2) is 11.0. The van der Waals surface area contributed by atoms with Crippen molar-refractivity contribution in [1.29, 1.82) is 0 Å². The summed E-state index contributed by atoms with van der Waals surface area (Å²) in [5.41, 5.74) is 7.47. The first kappa shape index (κ1) is 22.2. The van der Waals surface area contributed by atoms with E-state index < -0.39 is 0 Å². The Bertz CT molecular complexity index is 795. The van der Waals surface area contributed by atoms with E-state index in [9.17, 15) is 0 Å². The van der Waals surface area contributed by atoms with Gasteiger partial charge < -0.3 is 4.90 Å². The lowest BCUT2D eigenvalue weighted by atomic mass is 9.99. The molecule has 1 aromatic carbocycles. The number of rotatable bonds is 9. The van der Waals surface area contributed by atoms with Gasteiger partial charge in [0.25, 0.3) is 0 Å². The van der Waals surface area contributed by atoms with Crippen molar-refractivity contribution in [2.24, 2.45) is 0 Å². The Morgan fingerprint density at radius 2 is 1.52 bits per heavy atom. The largest absolute Gasteiger partial charge is 0.311 e. The molecule has 0 spiro atoms. The molecule has 0 fully saturated rings. The fourth-order valence-corrected chi connectivity index (χ4v) is 2.81. The second-order valence-corrected chi connectivity index (χ2v) is 6.58. The molecule has 1 heteroatoms. The summed E-state index contributed by atoms with van der Waals surface area (Å²) in [6.07, 6.45) is 13.2. The van der Waals surface area contributed by atoms with Gasteiger partial charge in [0.15, 0.2) is 0 Å². The third-order valence-electron chi connectivity index (χ3n) is 4.12. The van der Waals surface area contributed by atoms with Crippen molar-refractivity contribution in [3.8, 4) is 0 Å². The Morgan fingerprint density at radius 3 is 2.00 bits per heavy atom. The van der Waals surface area contributed by atoms with E-state index in [-0.39, 0.29) is 0 Å². The number of allylic oxidation sites excluding steroid dienone is 9. The van der Waals surface area contributed by atoms with Crippen molar-refractivity contribution in [1.82, 2.24) is 0 Å². The van der Waals surface area contributed by atoms with Crippen LogP contribution in [0, 0.1) is 6.92 Å². The van der Waals surface area contributed by atoms with Gasteiger partial charge in [-0.1, -0.05) is 74.2 Å². The number of anilines is 1. The molecular weight excluding hydrogens is 326 g/mol. The van der Waals surface area contributed by atoms with Crippen LogP contribution in [0.5, 0.6) is 0 Å². The Morgan fingerprint density at radius 1 is 0.926 bits per heavy atom. The minimum Gasteiger partial charge on any atom is -0.311 e. The first-order valence-corrected chi connectivity index (χ1v) is 9.42. The summed E-state index contributed by atoms with van der Waals surface area (Å²) in [5, 5.41) is 0. The van der Waals surface area contributed by atoms with Crippen LogP contribution in [0.3, 0.4) is 0 Å². The van der Waals surface area contributed by atoms with Gasteiger partial charge in [0, 0.05) is 17.1 Å². The summed E-state index contributed by atoms with van der Waals surface area (Å²) >= 11 is 0. The highest BCUT2D eigenvalue weighted by atomic mass is 15.2. The molecule has 0 radical (unpaired) electrons. The highest BCUT2D eigenvalue weighted by Crippen LogP contribution is 2.31. The maximum Gasteiger partial charge on any atom is 0.0495 e. The van der Waals surface area contributed by atoms with Gasteiger partial charge in [0.1, 0.15) is 0 Å². The average molecular weight is 360 g/mol. The number of benzene rings is 1. The lowest BCUT2D eigenvalue weighted by Crippen LogP contribution is -2.21. The molecule has 0 N–H and O–H groups in total. The average Bonchev–Trinajstić information content (AvgIpc) is 2.62. The quantitative estimate of drug-likeness (QED) is 0.406. The zero-order valence-corrected chi connectivity index (χ0v) is 17.5. The smallest absolute Gasteiger partial charge is 0.0495 e. The van der Waals surface area contributed by atoms with Gasteiger partial charge in [0.2, 0.25) is 0 Å². The number of hydrogen-bond donors (Lipinski definition) is 0. The molecule has 0 saturated carbocycles. The zero-order chi connectivity index (χ0) is 20.4. The van der Waals surface area contributed by atoms with E-state index in [2.05, 4.69) is 81.0 Å². The first-order chi connectivity index (χ1) is 12.8. The molecule has 0 aliphatic rings. The second-order valence-electron chi connectivity index (χ2n) is 6.58. The van der Waals surface area contributed by atoms with Gasteiger partial charge in [-0.15, -0.1) is 0 Å². The van der Waals surface area contributed by atoms with Gasteiger partial charge in [-0.25, -0.2) is 0 Å². The summed E-state index contributed by atoms with van der Waals surface area (Å²) < 4.78 is 0. The van der Waals surface area contributed by atoms with E-state index in [1.807, 2.05) is 39.0 Å². The van der Waals surface area contributed by atoms with Gasteiger partial charge in [-0.2, -0.15) is 0 Å². The summed E-state index contributed by atoms with van der Waals surface area (Å²) in [6.45, 7) is 22.9. The normalized spacial score (nSPS) is 12.6. The number of aryl methyl sites for hydroxylation is 1. The van der Waals surface area contributed by atoms with Crippen LogP contribution in [0.25, 0.3) is 0 Å². The van der Waals surface area contributed by atoms with Crippen molar-refractivity contribution in [3.05, 3.63) is 114 Å². The van der Waals surface area contributed by atoms with Gasteiger partial charge in [-0.05, 0) is 69.5 Å². The van der Waals surface area contributed by atoms with E-state index in [0.29, 0.717) is 0 Å². The molecule has 0 aliphatic carbocycles. The van der Waals surface area contributed by atoms with E-state index >= 15 is 0 Å². The van der Waals surface area contributed by atoms with Crippen molar-refractivity contribution in [2.45, 2.75) is 41.0 Å². The molecule has 27 heavy (non-hydrogen) atoms. The van der Waals surface area contributed by atoms with Gasteiger partial charge >= 0.3 is 0 Å². The van der Waals surface area contributed by atoms with E-state index in [1.54, 1.807) is 0 Å². The van der Waals surface area contributed by atoms with Crippen LogP contribution in [-0.2, 0) is 0 Å². The Labute approximate surface area is 166 Å². The summed E-state index contributed by atoms with van der Waals surface area (Å²) in [6, 6.07) is 8.50. The summed E-state index contributed by atoms with van der Waals surface area (Å²) in [7, 11) is 0.